The monoisotopic (exact) mass is 420 g/mol. The van der Waals surface area contributed by atoms with E-state index in [0.717, 1.165) is 17.1 Å². The number of nitrogens with one attached hydrogen (secondary N) is 1. The third-order valence-electron chi connectivity index (χ3n) is 5.63. The summed E-state index contributed by atoms with van der Waals surface area (Å²) in [5.41, 5.74) is 2.63. The molecule has 0 aliphatic carbocycles. The first-order valence-electron chi connectivity index (χ1n) is 9.16. The average Bonchev–Trinajstić information content (AvgIpc) is 2.70. The molecule has 2 heterocycles. The van der Waals surface area contributed by atoms with Crippen molar-refractivity contribution >= 4 is 53.7 Å². The smallest absolute Gasteiger partial charge is 0.294 e. The lowest BCUT2D eigenvalue weighted by Crippen LogP contribution is -2.12. The molecule has 0 saturated carbocycles. The molecule has 5 aromatic rings. The summed E-state index contributed by atoms with van der Waals surface area (Å²) in [6.07, 6.45) is 0. The van der Waals surface area contributed by atoms with Gasteiger partial charge in [0.05, 0.1) is 21.4 Å². The summed E-state index contributed by atoms with van der Waals surface area (Å²) in [4.78, 5) is 29.1. The van der Waals surface area contributed by atoms with Crippen LogP contribution in [0.5, 0.6) is 0 Å². The molecule has 3 aromatic carbocycles. The molecule has 5 rings (SSSR count). The van der Waals surface area contributed by atoms with Gasteiger partial charge in [-0.1, -0.05) is 12.1 Å². The molecular weight excluding hydrogens is 404 g/mol. The van der Waals surface area contributed by atoms with Crippen LogP contribution in [-0.4, -0.2) is 22.5 Å². The third kappa shape index (κ3) is 2.51. The van der Waals surface area contributed by atoms with Crippen LogP contribution in [0.4, 0.5) is 0 Å². The van der Waals surface area contributed by atoms with Gasteiger partial charge in [-0.3, -0.25) is 14.1 Å². The first-order chi connectivity index (χ1) is 14.2. The zero-order valence-corrected chi connectivity index (χ0v) is 16.9. The van der Waals surface area contributed by atoms with Crippen LogP contribution in [0.25, 0.3) is 43.6 Å². The van der Waals surface area contributed by atoms with Crippen molar-refractivity contribution in [2.24, 2.45) is 7.05 Å². The molecule has 0 aliphatic rings. The van der Waals surface area contributed by atoms with E-state index in [-0.39, 0.29) is 21.1 Å². The van der Waals surface area contributed by atoms with Crippen LogP contribution in [0.3, 0.4) is 0 Å². The van der Waals surface area contributed by atoms with Gasteiger partial charge in [0.2, 0.25) is 0 Å². The second-order valence-corrected chi connectivity index (χ2v) is 8.83. The van der Waals surface area contributed by atoms with E-state index in [2.05, 4.69) is 4.98 Å². The van der Waals surface area contributed by atoms with E-state index in [0.29, 0.717) is 32.7 Å². The minimum atomic E-state index is -4.44. The van der Waals surface area contributed by atoms with Crippen molar-refractivity contribution < 1.29 is 13.0 Å². The van der Waals surface area contributed by atoms with Crippen molar-refractivity contribution in [2.75, 3.05) is 0 Å². The quantitative estimate of drug-likeness (QED) is 0.320. The molecule has 0 amide bonds. The summed E-state index contributed by atoms with van der Waals surface area (Å²) in [5, 5.41) is 1.58. The Hall–Kier alpha value is -3.49. The predicted octanol–water partition coefficient (Wildman–Crippen LogP) is 3.24. The van der Waals surface area contributed by atoms with Crippen LogP contribution in [0.15, 0.2) is 63.0 Å². The lowest BCUT2D eigenvalue weighted by atomic mass is 10.0. The van der Waals surface area contributed by atoms with E-state index in [1.165, 1.54) is 12.1 Å². The third-order valence-corrected chi connectivity index (χ3v) is 6.48. The molecule has 0 fully saturated rings. The Morgan fingerprint density at radius 2 is 1.60 bits per heavy atom. The van der Waals surface area contributed by atoms with Crippen molar-refractivity contribution in [3.8, 4) is 0 Å². The first-order valence-corrected chi connectivity index (χ1v) is 10.6. The fourth-order valence-corrected chi connectivity index (χ4v) is 4.61. The molecule has 0 radical (unpaired) electrons. The van der Waals surface area contributed by atoms with Gasteiger partial charge in [0.15, 0.2) is 10.9 Å². The van der Waals surface area contributed by atoms with Gasteiger partial charge in [-0.05, 0) is 48.9 Å². The van der Waals surface area contributed by atoms with E-state index in [4.69, 9.17) is 0 Å². The Labute approximate surface area is 169 Å². The second-order valence-electron chi connectivity index (χ2n) is 7.41. The number of pyridine rings is 2. The number of hydrogen-bond donors (Lipinski definition) is 2. The Morgan fingerprint density at radius 1 is 0.867 bits per heavy atom. The van der Waals surface area contributed by atoms with E-state index in [1.807, 2.05) is 36.7 Å². The Kier molecular flexibility index (Phi) is 3.71. The SMILES string of the molecule is Cc1cccc2c1c(=O)c1cc3[nH]c4ccc(S(=O)(=O)O)cc4c(=O)c3cc1n2C. The fourth-order valence-electron chi connectivity index (χ4n) is 4.10. The molecule has 0 bridgehead atoms. The normalized spacial score (nSPS) is 12.4. The second kappa shape index (κ2) is 6.01. The molecule has 8 heteroatoms. The Bertz CT molecular complexity index is 1780. The molecule has 0 atom stereocenters. The summed E-state index contributed by atoms with van der Waals surface area (Å²) in [6.45, 7) is 1.89. The van der Waals surface area contributed by atoms with Crippen LogP contribution >= 0.6 is 0 Å². The van der Waals surface area contributed by atoms with Gasteiger partial charge < -0.3 is 9.55 Å². The molecule has 0 spiro atoms. The standard InChI is InChI=1S/C22H16N2O5S/c1-11-4-3-5-18-20(11)22(26)15-9-17-14(10-19(15)24(18)2)21(25)13-8-12(30(27,28)29)6-7-16(13)23-17/h3-10H,1-2H3,(H,23,25)(H,27,28,29). The molecule has 0 unspecified atom stereocenters. The largest absolute Gasteiger partial charge is 0.354 e. The van der Waals surface area contributed by atoms with E-state index in [1.54, 1.807) is 12.1 Å². The van der Waals surface area contributed by atoms with Gasteiger partial charge in [0.25, 0.3) is 10.1 Å². The number of fused-ring (bicyclic) bond motifs is 4. The maximum Gasteiger partial charge on any atom is 0.294 e. The molecule has 2 aromatic heterocycles. The highest BCUT2D eigenvalue weighted by Gasteiger charge is 2.16. The first kappa shape index (κ1) is 18.5. The van der Waals surface area contributed by atoms with E-state index < -0.39 is 10.1 Å². The van der Waals surface area contributed by atoms with E-state index in [9.17, 15) is 22.6 Å². The molecule has 0 aliphatic heterocycles. The number of benzene rings is 3. The lowest BCUT2D eigenvalue weighted by Gasteiger charge is -2.13. The van der Waals surface area contributed by atoms with Gasteiger partial charge >= 0.3 is 0 Å². The Balaban J connectivity index is 1.99. The summed E-state index contributed by atoms with van der Waals surface area (Å²) in [5.74, 6) is 0. The number of aromatic amines is 1. The van der Waals surface area contributed by atoms with Crippen molar-refractivity contribution in [3.05, 3.63) is 74.5 Å². The zero-order chi connectivity index (χ0) is 21.4. The number of rotatable bonds is 1. The van der Waals surface area contributed by atoms with Crippen molar-refractivity contribution in [3.63, 3.8) is 0 Å². The highest BCUT2D eigenvalue weighted by atomic mass is 32.2. The maximum absolute atomic E-state index is 13.2. The average molecular weight is 420 g/mol. The van der Waals surface area contributed by atoms with Gasteiger partial charge in [-0.25, -0.2) is 0 Å². The number of H-pyrrole nitrogens is 1. The number of hydrogen-bond acceptors (Lipinski definition) is 4. The minimum Gasteiger partial charge on any atom is -0.354 e. The summed E-state index contributed by atoms with van der Waals surface area (Å²) in [6, 6.07) is 12.7. The summed E-state index contributed by atoms with van der Waals surface area (Å²) in [7, 11) is -2.60. The van der Waals surface area contributed by atoms with Gasteiger partial charge in [-0.15, -0.1) is 0 Å². The van der Waals surface area contributed by atoms with Crippen LogP contribution < -0.4 is 10.9 Å². The minimum absolute atomic E-state index is 0.110. The van der Waals surface area contributed by atoms with Crippen molar-refractivity contribution in [1.82, 2.24) is 9.55 Å². The lowest BCUT2D eigenvalue weighted by molar-refractivity contribution is 0.483. The van der Waals surface area contributed by atoms with Gasteiger partial charge in [0.1, 0.15) is 0 Å². The molecular formula is C22H16N2O5S. The van der Waals surface area contributed by atoms with Crippen LogP contribution in [0, 0.1) is 6.92 Å². The molecule has 7 nitrogen and oxygen atoms in total. The van der Waals surface area contributed by atoms with Crippen molar-refractivity contribution in [1.29, 1.82) is 0 Å². The number of nitrogens with zero attached hydrogens (tertiary/aromatic N) is 1. The van der Waals surface area contributed by atoms with Crippen LogP contribution in [-0.2, 0) is 17.2 Å². The van der Waals surface area contributed by atoms with Crippen LogP contribution in [0.2, 0.25) is 0 Å². The predicted molar refractivity (Wildman–Crippen MR) is 117 cm³/mol. The zero-order valence-electron chi connectivity index (χ0n) is 16.1. The maximum atomic E-state index is 13.2. The highest BCUT2D eigenvalue weighted by Crippen LogP contribution is 2.25. The topological polar surface area (TPSA) is 109 Å². The van der Waals surface area contributed by atoms with Gasteiger partial charge in [-0.2, -0.15) is 8.42 Å². The molecule has 2 N–H and O–H groups in total. The summed E-state index contributed by atoms with van der Waals surface area (Å²) < 4.78 is 34.1. The Morgan fingerprint density at radius 3 is 2.33 bits per heavy atom. The van der Waals surface area contributed by atoms with Crippen molar-refractivity contribution in [2.45, 2.75) is 11.8 Å². The fraction of sp³-hybridized carbons (Fsp3) is 0.0909. The van der Waals surface area contributed by atoms with Gasteiger partial charge in [0, 0.05) is 34.1 Å². The molecule has 0 saturated heterocycles. The highest BCUT2D eigenvalue weighted by molar-refractivity contribution is 7.85. The summed E-state index contributed by atoms with van der Waals surface area (Å²) >= 11 is 0. The number of aryl methyl sites for hydroxylation is 2. The molecule has 30 heavy (non-hydrogen) atoms. The molecule has 150 valence electrons. The van der Waals surface area contributed by atoms with Crippen LogP contribution in [0.1, 0.15) is 5.56 Å². The number of aromatic nitrogens is 2. The van der Waals surface area contributed by atoms with E-state index >= 15 is 0 Å².